The normalized spacial score (nSPS) is 16.5. The van der Waals surface area contributed by atoms with E-state index in [1.165, 1.54) is 33.8 Å². The highest BCUT2D eigenvalue weighted by Crippen LogP contribution is 2.46. The maximum atomic E-state index is 10.6. The van der Waals surface area contributed by atoms with Crippen LogP contribution in [-0.4, -0.2) is 104 Å². The molecule has 0 bridgehead atoms. The van der Waals surface area contributed by atoms with Crippen LogP contribution in [0, 0.1) is 6.92 Å². The van der Waals surface area contributed by atoms with E-state index in [4.69, 9.17) is 44.6 Å². The molecular weight excluding hydrogens is 804 g/mol. The number of hydrogen-bond acceptors (Lipinski definition) is 9. The maximum absolute atomic E-state index is 10.6. The summed E-state index contributed by atoms with van der Waals surface area (Å²) in [4.78, 5) is 51.3. The smallest absolute Gasteiger partial charge is 0.475 e. The van der Waals surface area contributed by atoms with Crippen molar-refractivity contribution in [3.63, 3.8) is 0 Å². The van der Waals surface area contributed by atoms with Gasteiger partial charge in [0.25, 0.3) is 0 Å². The van der Waals surface area contributed by atoms with Gasteiger partial charge >= 0.3 is 48.6 Å². The number of halogens is 12. The van der Waals surface area contributed by atoms with E-state index in [1.807, 2.05) is 36.0 Å². The lowest BCUT2D eigenvalue weighted by Gasteiger charge is -2.26. The number of alkyl halides is 12. The molecule has 55 heavy (non-hydrogen) atoms. The Bertz CT molecular complexity index is 1640. The zero-order valence-electron chi connectivity index (χ0n) is 27.6. The average molecular weight is 833 g/mol. The van der Waals surface area contributed by atoms with Gasteiger partial charge in [-0.15, -0.1) is 11.3 Å². The summed E-state index contributed by atoms with van der Waals surface area (Å²) in [6, 6.07) is 10.7. The van der Waals surface area contributed by atoms with Crippen LogP contribution in [0.15, 0.2) is 54.3 Å². The van der Waals surface area contributed by atoms with Crippen molar-refractivity contribution in [3.8, 4) is 0 Å². The number of carboxylic acids is 4. The summed E-state index contributed by atoms with van der Waals surface area (Å²) in [6.07, 6.45) is -13.4. The van der Waals surface area contributed by atoms with Gasteiger partial charge < -0.3 is 25.3 Å². The molecule has 1 atom stereocenters. The van der Waals surface area contributed by atoms with E-state index in [0.717, 1.165) is 32.7 Å². The molecule has 5 heterocycles. The Labute approximate surface area is 305 Å². The summed E-state index contributed by atoms with van der Waals surface area (Å²) in [5.41, 5.74) is 5.43. The number of aliphatic carboxylic acids is 4. The molecule has 1 fully saturated rings. The van der Waals surface area contributed by atoms with E-state index in [9.17, 15) is 52.7 Å². The van der Waals surface area contributed by atoms with Gasteiger partial charge in [0.1, 0.15) is 0 Å². The van der Waals surface area contributed by atoms with Gasteiger partial charge in [-0.05, 0) is 60.7 Å². The van der Waals surface area contributed by atoms with Crippen molar-refractivity contribution in [2.24, 2.45) is 0 Å². The Kier molecular flexibility index (Phi) is 16.9. The van der Waals surface area contributed by atoms with Crippen LogP contribution in [0.5, 0.6) is 0 Å². The third kappa shape index (κ3) is 16.0. The Morgan fingerprint density at radius 3 is 1.60 bits per heavy atom. The molecular formula is C30H28F12N4O8S. The summed E-state index contributed by atoms with van der Waals surface area (Å²) in [7, 11) is 0. The van der Waals surface area contributed by atoms with Crippen LogP contribution in [0.4, 0.5) is 58.4 Å². The molecule has 12 nitrogen and oxygen atoms in total. The summed E-state index contributed by atoms with van der Waals surface area (Å²) < 4.78 is 127. The third-order valence-corrected chi connectivity index (χ3v) is 7.97. The predicted octanol–water partition coefficient (Wildman–Crippen LogP) is 6.54. The summed E-state index contributed by atoms with van der Waals surface area (Å²) in [6.45, 7) is 7.48. The van der Waals surface area contributed by atoms with Crippen LogP contribution >= 0.6 is 11.3 Å². The van der Waals surface area contributed by atoms with Gasteiger partial charge in [0.15, 0.2) is 0 Å². The van der Waals surface area contributed by atoms with Crippen LogP contribution in [-0.2, 0) is 37.7 Å². The molecule has 3 aromatic heterocycles. The fraction of sp³-hybridized carbons (Fsp3) is 0.400. The number of hydrogen-bond donors (Lipinski definition) is 4. The first kappa shape index (κ1) is 47.8. The van der Waals surface area contributed by atoms with Crippen molar-refractivity contribution in [1.82, 2.24) is 14.9 Å². The van der Waals surface area contributed by atoms with Crippen molar-refractivity contribution in [1.29, 1.82) is 0 Å². The number of carboxylic acid groups (broad SMARTS) is 4. The van der Waals surface area contributed by atoms with Crippen LogP contribution in [0.3, 0.4) is 0 Å². The Morgan fingerprint density at radius 2 is 1.20 bits per heavy atom. The molecule has 306 valence electrons. The zero-order chi connectivity index (χ0) is 42.6. The first-order chi connectivity index (χ1) is 25.0. The van der Waals surface area contributed by atoms with Gasteiger partial charge in [-0.3, -0.25) is 14.9 Å². The molecule has 4 N–H and O–H groups in total. The molecule has 0 amide bonds. The van der Waals surface area contributed by atoms with E-state index in [2.05, 4.69) is 51.4 Å². The van der Waals surface area contributed by atoms with Crippen LogP contribution < -0.4 is 4.90 Å². The van der Waals surface area contributed by atoms with Crippen molar-refractivity contribution >= 4 is 40.9 Å². The molecule has 0 saturated carbocycles. The molecule has 5 rings (SSSR count). The highest BCUT2D eigenvalue weighted by atomic mass is 32.1. The van der Waals surface area contributed by atoms with Gasteiger partial charge in [0.05, 0.1) is 11.4 Å². The molecule has 3 aromatic rings. The quantitative estimate of drug-likeness (QED) is 0.209. The molecule has 0 aromatic carbocycles. The minimum Gasteiger partial charge on any atom is -0.475 e. The zero-order valence-corrected chi connectivity index (χ0v) is 28.4. The molecule has 1 saturated heterocycles. The Balaban J connectivity index is 0.000000442. The highest BCUT2D eigenvalue weighted by molar-refractivity contribution is 7.10. The van der Waals surface area contributed by atoms with Gasteiger partial charge in [0, 0.05) is 55.1 Å². The lowest BCUT2D eigenvalue weighted by molar-refractivity contribution is -0.193. The fourth-order valence-corrected chi connectivity index (χ4v) is 5.57. The Morgan fingerprint density at radius 1 is 0.727 bits per heavy atom. The summed E-state index contributed by atoms with van der Waals surface area (Å²) >= 11 is 1.88. The van der Waals surface area contributed by atoms with Crippen molar-refractivity contribution in [3.05, 3.63) is 76.0 Å². The van der Waals surface area contributed by atoms with Crippen molar-refractivity contribution in [2.75, 3.05) is 24.5 Å². The van der Waals surface area contributed by atoms with Gasteiger partial charge in [-0.25, -0.2) is 19.2 Å². The number of aromatic nitrogens is 2. The number of rotatable bonds is 4. The third-order valence-electron chi connectivity index (χ3n) is 6.96. The van der Waals surface area contributed by atoms with Crippen molar-refractivity contribution in [2.45, 2.75) is 56.6 Å². The van der Waals surface area contributed by atoms with E-state index < -0.39 is 48.6 Å². The second kappa shape index (κ2) is 19.4. The number of fused-ring (bicyclic) bond motifs is 2. The van der Waals surface area contributed by atoms with Crippen LogP contribution in [0.25, 0.3) is 0 Å². The molecule has 1 spiro atoms. The number of pyridine rings is 2. The lowest BCUT2D eigenvalue weighted by atomic mass is 9.85. The highest BCUT2D eigenvalue weighted by Gasteiger charge is 2.48. The second-order valence-electron chi connectivity index (χ2n) is 11.1. The number of nitrogens with zero attached hydrogens (tertiary/aromatic N) is 4. The minimum atomic E-state index is -5.08. The van der Waals surface area contributed by atoms with E-state index in [-0.39, 0.29) is 5.41 Å². The van der Waals surface area contributed by atoms with Gasteiger partial charge in [-0.1, -0.05) is 6.07 Å². The number of aryl methyl sites for hydroxylation is 1. The van der Waals surface area contributed by atoms with Crippen LogP contribution in [0.2, 0.25) is 0 Å². The lowest BCUT2D eigenvalue weighted by Crippen LogP contribution is -2.36. The summed E-state index contributed by atoms with van der Waals surface area (Å²) in [5, 5.41) is 30.7. The SMILES string of the molecule is Cc1ccsc1CN1CCC2(C1)CN(Cc1cccnc1)c1cccnc12.O=C(O)C(F)(F)F.O=C(O)C(F)(F)F.O=C(O)C(F)(F)F.O=C(O)C(F)(F)F. The monoisotopic (exact) mass is 832 g/mol. The number of carbonyl (C=O) groups is 4. The largest absolute Gasteiger partial charge is 0.490 e. The predicted molar refractivity (Wildman–Crippen MR) is 165 cm³/mol. The molecule has 2 aliphatic heterocycles. The number of thiophene rings is 1. The molecule has 2 aliphatic rings. The number of anilines is 1. The molecule has 0 aliphatic carbocycles. The molecule has 1 unspecified atom stereocenters. The Hall–Kier alpha value is -5.20. The topological polar surface area (TPSA) is 181 Å². The van der Waals surface area contributed by atoms with Gasteiger partial charge in [-0.2, -0.15) is 52.7 Å². The standard InChI is InChI=1S/C22H24N4S.4C2HF3O2/c1-17-6-11-27-20(17)14-25-10-7-22(15-25)16-26(13-18-4-2-8-23-12-18)19-5-3-9-24-21(19)22;4*3-2(4,5)1(6)7/h2-6,8-9,11-12H,7,10,13-16H2,1H3;4*(H,6,7). The van der Waals surface area contributed by atoms with Crippen LogP contribution in [0.1, 0.15) is 28.1 Å². The van der Waals surface area contributed by atoms with Crippen molar-refractivity contribution < 1.29 is 92.3 Å². The first-order valence-electron chi connectivity index (χ1n) is 14.6. The molecule has 25 heteroatoms. The minimum absolute atomic E-state index is 0.157. The van der Waals surface area contributed by atoms with E-state index in [0.29, 0.717) is 0 Å². The molecule has 0 radical (unpaired) electrons. The maximum Gasteiger partial charge on any atom is 0.490 e. The second-order valence-corrected chi connectivity index (χ2v) is 12.1. The van der Waals surface area contributed by atoms with E-state index >= 15 is 0 Å². The average Bonchev–Trinajstić information content (AvgIpc) is 3.74. The fourth-order valence-electron chi connectivity index (χ4n) is 4.62. The van der Waals surface area contributed by atoms with E-state index in [1.54, 1.807) is 0 Å². The van der Waals surface area contributed by atoms with Gasteiger partial charge in [0.2, 0.25) is 0 Å². The first-order valence-corrected chi connectivity index (χ1v) is 15.4. The summed E-state index contributed by atoms with van der Waals surface area (Å²) in [5.74, 6) is -11.0. The number of likely N-dealkylation sites (tertiary alicyclic amines) is 1.